The highest BCUT2D eigenvalue weighted by Gasteiger charge is 2.11. The number of hydrogen-bond acceptors (Lipinski definition) is 3. The van der Waals surface area contributed by atoms with E-state index >= 15 is 0 Å². The SMILES string of the molecule is CC(C)NC(=O)c1ccc(Cl)c(NC(=O)CC#N)c1. The molecule has 2 N–H and O–H groups in total. The van der Waals surface area contributed by atoms with Crippen LogP contribution in [0.2, 0.25) is 5.02 Å². The molecule has 0 saturated heterocycles. The van der Waals surface area contributed by atoms with Crippen LogP contribution in [0.4, 0.5) is 5.69 Å². The lowest BCUT2D eigenvalue weighted by atomic mass is 10.1. The third-order valence-corrected chi connectivity index (χ3v) is 2.49. The number of benzene rings is 1. The second-order valence-electron chi connectivity index (χ2n) is 4.21. The third-order valence-electron chi connectivity index (χ3n) is 2.16. The van der Waals surface area contributed by atoms with Crippen LogP contribution in [-0.4, -0.2) is 17.9 Å². The van der Waals surface area contributed by atoms with E-state index in [0.29, 0.717) is 16.3 Å². The molecule has 0 aromatic heterocycles. The highest BCUT2D eigenvalue weighted by molar-refractivity contribution is 6.33. The second kappa shape index (κ2) is 6.76. The lowest BCUT2D eigenvalue weighted by Crippen LogP contribution is -2.30. The molecule has 0 atom stereocenters. The van der Waals surface area contributed by atoms with Gasteiger partial charge in [0, 0.05) is 11.6 Å². The maximum absolute atomic E-state index is 11.8. The van der Waals surface area contributed by atoms with E-state index in [-0.39, 0.29) is 18.4 Å². The average Bonchev–Trinajstić information content (AvgIpc) is 2.31. The van der Waals surface area contributed by atoms with Crippen molar-refractivity contribution in [1.29, 1.82) is 5.26 Å². The minimum absolute atomic E-state index is 0.0137. The monoisotopic (exact) mass is 279 g/mol. The van der Waals surface area contributed by atoms with Gasteiger partial charge in [0.05, 0.1) is 16.8 Å². The van der Waals surface area contributed by atoms with Gasteiger partial charge in [0.1, 0.15) is 6.42 Å². The van der Waals surface area contributed by atoms with Crippen LogP contribution in [0.3, 0.4) is 0 Å². The summed E-state index contributed by atoms with van der Waals surface area (Å²) in [5, 5.41) is 14.0. The standard InChI is InChI=1S/C13H14ClN3O2/c1-8(2)16-13(19)9-3-4-10(14)11(7-9)17-12(18)5-6-15/h3-4,7-8H,5H2,1-2H3,(H,16,19)(H,17,18). The van der Waals surface area contributed by atoms with Crippen LogP contribution < -0.4 is 10.6 Å². The van der Waals surface area contributed by atoms with Gasteiger partial charge in [-0.3, -0.25) is 9.59 Å². The molecule has 0 radical (unpaired) electrons. The van der Waals surface area contributed by atoms with E-state index in [0.717, 1.165) is 0 Å². The number of carbonyl (C=O) groups excluding carboxylic acids is 2. The summed E-state index contributed by atoms with van der Waals surface area (Å²) >= 11 is 5.92. The molecule has 0 heterocycles. The first-order valence-electron chi connectivity index (χ1n) is 5.71. The van der Waals surface area contributed by atoms with Crippen LogP contribution in [0.1, 0.15) is 30.6 Å². The Hall–Kier alpha value is -2.06. The zero-order valence-corrected chi connectivity index (χ0v) is 11.4. The number of nitrogens with one attached hydrogen (secondary N) is 2. The third kappa shape index (κ3) is 4.60. The number of carbonyl (C=O) groups is 2. The highest BCUT2D eigenvalue weighted by Crippen LogP contribution is 2.23. The Morgan fingerprint density at radius 3 is 2.68 bits per heavy atom. The van der Waals surface area contributed by atoms with E-state index in [1.165, 1.54) is 12.1 Å². The van der Waals surface area contributed by atoms with Gasteiger partial charge in [-0.15, -0.1) is 0 Å². The van der Waals surface area contributed by atoms with E-state index in [9.17, 15) is 9.59 Å². The Labute approximate surface area is 116 Å². The molecule has 0 saturated carbocycles. The molecule has 0 spiro atoms. The zero-order chi connectivity index (χ0) is 14.4. The molecule has 6 heteroatoms. The van der Waals surface area contributed by atoms with Crippen molar-refractivity contribution in [2.75, 3.05) is 5.32 Å². The first-order valence-corrected chi connectivity index (χ1v) is 6.09. The Morgan fingerprint density at radius 1 is 1.42 bits per heavy atom. The average molecular weight is 280 g/mol. The highest BCUT2D eigenvalue weighted by atomic mass is 35.5. The summed E-state index contributed by atoms with van der Waals surface area (Å²) in [6, 6.07) is 6.33. The minimum Gasteiger partial charge on any atom is -0.350 e. The van der Waals surface area contributed by atoms with Gasteiger partial charge in [0.15, 0.2) is 0 Å². The molecule has 0 aliphatic rings. The molecule has 1 rings (SSSR count). The van der Waals surface area contributed by atoms with Crippen LogP contribution in [0.15, 0.2) is 18.2 Å². The summed E-state index contributed by atoms with van der Waals surface area (Å²) < 4.78 is 0. The normalized spacial score (nSPS) is 9.84. The molecule has 2 amide bonds. The largest absolute Gasteiger partial charge is 0.350 e. The minimum atomic E-state index is -0.467. The molecule has 0 bridgehead atoms. The summed E-state index contributed by atoms with van der Waals surface area (Å²) in [5.41, 5.74) is 0.712. The molecular weight excluding hydrogens is 266 g/mol. The van der Waals surface area contributed by atoms with Crippen molar-refractivity contribution >= 4 is 29.1 Å². The van der Waals surface area contributed by atoms with Gasteiger partial charge in [-0.2, -0.15) is 5.26 Å². The first kappa shape index (κ1) is 15.0. The van der Waals surface area contributed by atoms with Crippen LogP contribution in [-0.2, 0) is 4.79 Å². The van der Waals surface area contributed by atoms with Crippen molar-refractivity contribution in [3.8, 4) is 6.07 Å². The van der Waals surface area contributed by atoms with Crippen LogP contribution >= 0.6 is 11.6 Å². The van der Waals surface area contributed by atoms with Crippen molar-refractivity contribution < 1.29 is 9.59 Å². The first-order chi connectivity index (χ1) is 8.93. The van der Waals surface area contributed by atoms with Crippen LogP contribution in [0.25, 0.3) is 0 Å². The number of nitrogens with zero attached hydrogens (tertiary/aromatic N) is 1. The van der Waals surface area contributed by atoms with E-state index in [1.54, 1.807) is 12.1 Å². The van der Waals surface area contributed by atoms with Crippen LogP contribution in [0, 0.1) is 11.3 Å². The number of nitriles is 1. The van der Waals surface area contributed by atoms with E-state index < -0.39 is 5.91 Å². The maximum Gasteiger partial charge on any atom is 0.251 e. The molecule has 1 aromatic rings. The smallest absolute Gasteiger partial charge is 0.251 e. The van der Waals surface area contributed by atoms with Crippen LogP contribution in [0.5, 0.6) is 0 Å². The van der Waals surface area contributed by atoms with E-state index in [2.05, 4.69) is 10.6 Å². The topological polar surface area (TPSA) is 82.0 Å². The zero-order valence-electron chi connectivity index (χ0n) is 10.7. The molecule has 1 aromatic carbocycles. The second-order valence-corrected chi connectivity index (χ2v) is 4.61. The molecule has 5 nitrogen and oxygen atoms in total. The number of amides is 2. The van der Waals surface area contributed by atoms with E-state index in [1.807, 2.05) is 13.8 Å². The summed E-state index contributed by atoms with van der Waals surface area (Å²) in [4.78, 5) is 23.1. The fraction of sp³-hybridized carbons (Fsp3) is 0.308. The molecular formula is C13H14ClN3O2. The van der Waals surface area contributed by atoms with Crippen molar-refractivity contribution in [3.63, 3.8) is 0 Å². The molecule has 0 aliphatic carbocycles. The van der Waals surface area contributed by atoms with Gasteiger partial charge >= 0.3 is 0 Å². The van der Waals surface area contributed by atoms with Crippen molar-refractivity contribution in [2.24, 2.45) is 0 Å². The number of rotatable bonds is 4. The lowest BCUT2D eigenvalue weighted by molar-refractivity contribution is -0.115. The quantitative estimate of drug-likeness (QED) is 0.887. The molecule has 0 unspecified atom stereocenters. The Bertz CT molecular complexity index is 535. The summed E-state index contributed by atoms with van der Waals surface area (Å²) in [6.45, 7) is 3.70. The number of halogens is 1. The maximum atomic E-state index is 11.8. The van der Waals surface area contributed by atoms with Crippen molar-refractivity contribution in [2.45, 2.75) is 26.3 Å². The van der Waals surface area contributed by atoms with Crippen molar-refractivity contribution in [3.05, 3.63) is 28.8 Å². The fourth-order valence-electron chi connectivity index (χ4n) is 1.37. The van der Waals surface area contributed by atoms with E-state index in [4.69, 9.17) is 16.9 Å². The van der Waals surface area contributed by atoms with Gasteiger partial charge in [-0.1, -0.05) is 11.6 Å². The molecule has 19 heavy (non-hydrogen) atoms. The van der Waals surface area contributed by atoms with Gasteiger partial charge < -0.3 is 10.6 Å². The molecule has 0 aliphatic heterocycles. The Balaban J connectivity index is 2.91. The summed E-state index contributed by atoms with van der Waals surface area (Å²) in [6.07, 6.45) is -0.265. The lowest BCUT2D eigenvalue weighted by Gasteiger charge is -2.11. The fourth-order valence-corrected chi connectivity index (χ4v) is 1.54. The predicted molar refractivity (Wildman–Crippen MR) is 72.9 cm³/mol. The Morgan fingerprint density at radius 2 is 2.11 bits per heavy atom. The Kier molecular flexibility index (Phi) is 5.34. The summed E-state index contributed by atoms with van der Waals surface area (Å²) in [7, 11) is 0. The predicted octanol–water partition coefficient (Wildman–Crippen LogP) is 2.33. The van der Waals surface area contributed by atoms with Crippen molar-refractivity contribution in [1.82, 2.24) is 5.32 Å². The van der Waals surface area contributed by atoms with Gasteiger partial charge in [-0.05, 0) is 32.0 Å². The van der Waals surface area contributed by atoms with Gasteiger partial charge in [0.25, 0.3) is 5.91 Å². The summed E-state index contributed by atoms with van der Waals surface area (Å²) in [5.74, 6) is -0.715. The number of hydrogen-bond donors (Lipinski definition) is 2. The molecule has 0 fully saturated rings. The van der Waals surface area contributed by atoms with Gasteiger partial charge in [-0.25, -0.2) is 0 Å². The van der Waals surface area contributed by atoms with Gasteiger partial charge in [0.2, 0.25) is 5.91 Å². The molecule has 100 valence electrons. The number of anilines is 1.